The summed E-state index contributed by atoms with van der Waals surface area (Å²) in [6.07, 6.45) is 3.25. The van der Waals surface area contributed by atoms with Crippen LogP contribution in [0.5, 0.6) is 0 Å². The van der Waals surface area contributed by atoms with Crippen LogP contribution in [0.1, 0.15) is 18.7 Å². The molecule has 0 radical (unpaired) electrons. The highest BCUT2D eigenvalue weighted by Crippen LogP contribution is 2.16. The van der Waals surface area contributed by atoms with E-state index in [0.29, 0.717) is 18.9 Å². The van der Waals surface area contributed by atoms with Crippen LogP contribution in [0.3, 0.4) is 0 Å². The van der Waals surface area contributed by atoms with Crippen LogP contribution in [0.15, 0.2) is 6.33 Å². The molecule has 1 N–H and O–H groups in total. The molecule has 1 aromatic rings. The summed E-state index contributed by atoms with van der Waals surface area (Å²) in [5.74, 6) is 0.547. The maximum atomic E-state index is 12.0. The van der Waals surface area contributed by atoms with Crippen molar-refractivity contribution < 1.29 is 8.42 Å². The van der Waals surface area contributed by atoms with E-state index in [-0.39, 0.29) is 6.54 Å². The van der Waals surface area contributed by atoms with E-state index in [9.17, 15) is 8.42 Å². The number of rotatable bonds is 4. The molecule has 7 nitrogen and oxygen atoms in total. The third-order valence-electron chi connectivity index (χ3n) is 2.62. The highest BCUT2D eigenvalue weighted by atomic mass is 32.2. The van der Waals surface area contributed by atoms with Crippen LogP contribution in [0.4, 0.5) is 0 Å². The van der Waals surface area contributed by atoms with Crippen molar-refractivity contribution in [3.05, 3.63) is 12.2 Å². The summed E-state index contributed by atoms with van der Waals surface area (Å²) >= 11 is 0. The molecule has 1 aliphatic rings. The topological polar surface area (TPSA) is 82.2 Å². The van der Waals surface area contributed by atoms with E-state index in [0.717, 1.165) is 12.8 Å². The number of aromatic nitrogens is 3. The Labute approximate surface area is 94.6 Å². The van der Waals surface area contributed by atoms with E-state index in [2.05, 4.69) is 15.2 Å². The monoisotopic (exact) mass is 245 g/mol. The lowest BCUT2D eigenvalue weighted by molar-refractivity contribution is 0.387. The first-order valence-electron chi connectivity index (χ1n) is 5.16. The highest BCUT2D eigenvalue weighted by Gasteiger charge is 2.29. The zero-order valence-electron chi connectivity index (χ0n) is 9.13. The average Bonchev–Trinajstić information content (AvgIpc) is 2.89. The molecule has 90 valence electrons. The third kappa shape index (κ3) is 2.23. The van der Waals surface area contributed by atoms with Crippen LogP contribution < -0.4 is 0 Å². The van der Waals surface area contributed by atoms with E-state index in [1.807, 2.05) is 0 Å². The predicted molar refractivity (Wildman–Crippen MR) is 57.6 cm³/mol. The van der Waals surface area contributed by atoms with Gasteiger partial charge in [-0.3, -0.25) is 5.10 Å². The van der Waals surface area contributed by atoms with Crippen molar-refractivity contribution in [3.8, 4) is 0 Å². The van der Waals surface area contributed by atoms with Gasteiger partial charge in [-0.05, 0) is 12.8 Å². The normalized spacial score (nSPS) is 18.4. The Morgan fingerprint density at radius 3 is 2.75 bits per heavy atom. The summed E-state index contributed by atoms with van der Waals surface area (Å²) < 4.78 is 26.9. The molecule has 1 saturated heterocycles. The molecule has 0 spiro atoms. The fraction of sp³-hybridized carbons (Fsp3) is 0.750. The molecule has 0 aromatic carbocycles. The van der Waals surface area contributed by atoms with Gasteiger partial charge in [0, 0.05) is 20.1 Å². The van der Waals surface area contributed by atoms with Crippen LogP contribution in [0.25, 0.3) is 0 Å². The maximum absolute atomic E-state index is 12.0. The van der Waals surface area contributed by atoms with Gasteiger partial charge >= 0.3 is 0 Å². The molecule has 1 fully saturated rings. The fourth-order valence-corrected chi connectivity index (χ4v) is 3.11. The zero-order chi connectivity index (χ0) is 11.6. The lowest BCUT2D eigenvalue weighted by Gasteiger charge is -2.22. The third-order valence-corrected chi connectivity index (χ3v) is 4.56. The van der Waals surface area contributed by atoms with Gasteiger partial charge < -0.3 is 0 Å². The first-order valence-corrected chi connectivity index (χ1v) is 6.56. The summed E-state index contributed by atoms with van der Waals surface area (Å²) in [6.45, 7) is 1.45. The van der Waals surface area contributed by atoms with E-state index < -0.39 is 10.2 Å². The lowest BCUT2D eigenvalue weighted by Crippen LogP contribution is -2.40. The Balaban J connectivity index is 2.05. The molecule has 1 aromatic heterocycles. The summed E-state index contributed by atoms with van der Waals surface area (Å²) in [6, 6.07) is 0. The van der Waals surface area contributed by atoms with Gasteiger partial charge in [0.2, 0.25) is 0 Å². The standard InChI is InChI=1S/C8H15N5O2S/c1-12(6-8-9-7-10-11-8)16(14,15)13-4-2-3-5-13/h7H,2-6H2,1H3,(H,9,10,11). The Morgan fingerprint density at radius 2 is 2.19 bits per heavy atom. The van der Waals surface area contributed by atoms with Gasteiger partial charge in [-0.25, -0.2) is 4.98 Å². The largest absolute Gasteiger partial charge is 0.282 e. The molecule has 16 heavy (non-hydrogen) atoms. The van der Waals surface area contributed by atoms with Crippen molar-refractivity contribution in [1.29, 1.82) is 0 Å². The van der Waals surface area contributed by atoms with Gasteiger partial charge in [0.15, 0.2) is 0 Å². The van der Waals surface area contributed by atoms with Crippen molar-refractivity contribution >= 4 is 10.2 Å². The second-order valence-corrected chi connectivity index (χ2v) is 5.84. The number of aromatic amines is 1. The van der Waals surface area contributed by atoms with E-state index >= 15 is 0 Å². The highest BCUT2D eigenvalue weighted by molar-refractivity contribution is 7.86. The molecular formula is C8H15N5O2S. The van der Waals surface area contributed by atoms with E-state index in [1.54, 1.807) is 7.05 Å². The second-order valence-electron chi connectivity index (χ2n) is 3.80. The number of H-pyrrole nitrogens is 1. The molecule has 2 heterocycles. The van der Waals surface area contributed by atoms with Crippen LogP contribution in [0.2, 0.25) is 0 Å². The molecule has 0 amide bonds. The van der Waals surface area contributed by atoms with Crippen LogP contribution >= 0.6 is 0 Å². The Hall–Kier alpha value is -0.990. The lowest BCUT2D eigenvalue weighted by atomic mass is 10.4. The minimum atomic E-state index is -3.34. The maximum Gasteiger partial charge on any atom is 0.282 e. The molecule has 0 unspecified atom stereocenters. The minimum Gasteiger partial charge on any atom is -0.262 e. The van der Waals surface area contributed by atoms with E-state index in [1.165, 1.54) is 14.9 Å². The molecule has 1 aliphatic heterocycles. The fourth-order valence-electron chi connectivity index (χ4n) is 1.72. The number of hydrogen-bond acceptors (Lipinski definition) is 4. The van der Waals surface area contributed by atoms with Crippen molar-refractivity contribution in [3.63, 3.8) is 0 Å². The SMILES string of the molecule is CN(Cc1ncn[nH]1)S(=O)(=O)N1CCCC1. The number of nitrogens with one attached hydrogen (secondary N) is 1. The predicted octanol–water partition coefficient (Wildman–Crippen LogP) is -0.423. The van der Waals surface area contributed by atoms with Gasteiger partial charge in [0.25, 0.3) is 10.2 Å². The molecule has 0 saturated carbocycles. The average molecular weight is 245 g/mol. The molecule has 0 aliphatic carbocycles. The number of nitrogens with zero attached hydrogens (tertiary/aromatic N) is 4. The van der Waals surface area contributed by atoms with Gasteiger partial charge in [-0.1, -0.05) is 0 Å². The first kappa shape index (κ1) is 11.5. The molecular weight excluding hydrogens is 230 g/mol. The first-order chi connectivity index (χ1) is 7.60. The van der Waals surface area contributed by atoms with Crippen LogP contribution in [-0.4, -0.2) is 52.3 Å². The Morgan fingerprint density at radius 1 is 1.50 bits per heavy atom. The summed E-state index contributed by atoms with van der Waals surface area (Å²) in [4.78, 5) is 3.91. The Bertz CT molecular complexity index is 423. The van der Waals surface area contributed by atoms with Gasteiger partial charge in [-0.2, -0.15) is 22.1 Å². The molecule has 0 bridgehead atoms. The van der Waals surface area contributed by atoms with Gasteiger partial charge in [-0.15, -0.1) is 0 Å². The van der Waals surface area contributed by atoms with Gasteiger partial charge in [0.05, 0.1) is 6.54 Å². The summed E-state index contributed by atoms with van der Waals surface area (Å²) in [5.41, 5.74) is 0. The molecule has 0 atom stereocenters. The molecule has 8 heteroatoms. The Kier molecular flexibility index (Phi) is 3.22. The zero-order valence-corrected chi connectivity index (χ0v) is 9.94. The summed E-state index contributed by atoms with van der Waals surface area (Å²) in [5, 5.41) is 6.33. The smallest absolute Gasteiger partial charge is 0.262 e. The molecule has 2 rings (SSSR count). The summed E-state index contributed by atoms with van der Waals surface area (Å²) in [7, 11) is -1.78. The van der Waals surface area contributed by atoms with Crippen LogP contribution in [0, 0.1) is 0 Å². The van der Waals surface area contributed by atoms with Gasteiger partial charge in [0.1, 0.15) is 12.2 Å². The second kappa shape index (κ2) is 4.48. The quantitative estimate of drug-likeness (QED) is 0.781. The van der Waals surface area contributed by atoms with Crippen molar-refractivity contribution in [2.75, 3.05) is 20.1 Å². The van der Waals surface area contributed by atoms with E-state index in [4.69, 9.17) is 0 Å². The van der Waals surface area contributed by atoms with Crippen molar-refractivity contribution in [1.82, 2.24) is 23.8 Å². The van der Waals surface area contributed by atoms with Crippen molar-refractivity contribution in [2.45, 2.75) is 19.4 Å². The number of hydrogen-bond donors (Lipinski definition) is 1. The van der Waals surface area contributed by atoms with Crippen molar-refractivity contribution in [2.24, 2.45) is 0 Å². The van der Waals surface area contributed by atoms with Crippen LogP contribution in [-0.2, 0) is 16.8 Å². The minimum absolute atomic E-state index is 0.221.